The molecule has 1 N–H and O–H groups in total. The molecule has 2 aromatic carbocycles. The zero-order valence-corrected chi connectivity index (χ0v) is 13.0. The molecule has 0 fully saturated rings. The molecule has 0 heterocycles. The number of halogens is 3. The van der Waals surface area contributed by atoms with Crippen molar-refractivity contribution in [2.75, 3.05) is 0 Å². The summed E-state index contributed by atoms with van der Waals surface area (Å²) >= 11 is 17.7. The molecule has 0 amide bonds. The standard InChI is InChI=1S/C15H13Cl3O2/c1-9(20-12-4-2-3-11(16)8-12)15(19)10-5-6-13(17)14(18)7-10/h2-9,15,19H,1H3. The molecule has 0 aliphatic rings. The van der Waals surface area contributed by atoms with Crippen molar-refractivity contribution in [3.63, 3.8) is 0 Å². The Bertz CT molecular complexity index is 601. The van der Waals surface area contributed by atoms with Crippen LogP contribution in [0.5, 0.6) is 5.75 Å². The van der Waals surface area contributed by atoms with Crippen LogP contribution in [0.25, 0.3) is 0 Å². The van der Waals surface area contributed by atoms with Gasteiger partial charge in [0.05, 0.1) is 10.0 Å². The van der Waals surface area contributed by atoms with Gasteiger partial charge in [-0.25, -0.2) is 0 Å². The van der Waals surface area contributed by atoms with Gasteiger partial charge in [-0.15, -0.1) is 0 Å². The molecular formula is C15H13Cl3O2. The number of ether oxygens (including phenoxy) is 1. The number of hydrogen-bond acceptors (Lipinski definition) is 2. The van der Waals surface area contributed by atoms with E-state index >= 15 is 0 Å². The van der Waals surface area contributed by atoms with Crippen LogP contribution in [0.3, 0.4) is 0 Å². The molecule has 0 aliphatic heterocycles. The van der Waals surface area contributed by atoms with Crippen LogP contribution in [0.15, 0.2) is 42.5 Å². The van der Waals surface area contributed by atoms with Crippen molar-refractivity contribution in [2.24, 2.45) is 0 Å². The number of hydrogen-bond donors (Lipinski definition) is 1. The Morgan fingerprint density at radius 1 is 1.00 bits per heavy atom. The summed E-state index contributed by atoms with van der Waals surface area (Å²) in [5, 5.41) is 11.7. The van der Waals surface area contributed by atoms with Gasteiger partial charge in [-0.2, -0.15) is 0 Å². The third-order valence-electron chi connectivity index (χ3n) is 2.85. The quantitative estimate of drug-likeness (QED) is 0.839. The smallest absolute Gasteiger partial charge is 0.126 e. The van der Waals surface area contributed by atoms with Crippen molar-refractivity contribution in [3.8, 4) is 5.75 Å². The summed E-state index contributed by atoms with van der Waals surface area (Å²) in [5.41, 5.74) is 0.647. The maximum absolute atomic E-state index is 10.3. The predicted octanol–water partition coefficient (Wildman–Crippen LogP) is 5.15. The Hall–Kier alpha value is -0.930. The highest BCUT2D eigenvalue weighted by atomic mass is 35.5. The summed E-state index contributed by atoms with van der Waals surface area (Å²) in [7, 11) is 0. The van der Waals surface area contributed by atoms with E-state index < -0.39 is 12.2 Å². The van der Waals surface area contributed by atoms with Crippen LogP contribution in [0.4, 0.5) is 0 Å². The van der Waals surface area contributed by atoms with Crippen molar-refractivity contribution in [3.05, 3.63) is 63.1 Å². The molecular weight excluding hydrogens is 319 g/mol. The number of aliphatic hydroxyl groups excluding tert-OH is 1. The lowest BCUT2D eigenvalue weighted by Crippen LogP contribution is -2.21. The third kappa shape index (κ3) is 3.80. The minimum Gasteiger partial charge on any atom is -0.488 e. The second-order valence-corrected chi connectivity index (χ2v) is 5.65. The summed E-state index contributed by atoms with van der Waals surface area (Å²) in [5.74, 6) is 0.601. The molecule has 2 unspecified atom stereocenters. The molecule has 0 saturated carbocycles. The average molecular weight is 332 g/mol. The highest BCUT2D eigenvalue weighted by molar-refractivity contribution is 6.42. The molecule has 0 aromatic heterocycles. The number of aliphatic hydroxyl groups is 1. The van der Waals surface area contributed by atoms with E-state index in [9.17, 15) is 5.11 Å². The fourth-order valence-corrected chi connectivity index (χ4v) is 2.27. The summed E-state index contributed by atoms with van der Waals surface area (Å²) in [6, 6.07) is 12.0. The van der Waals surface area contributed by atoms with Gasteiger partial charge in [0.2, 0.25) is 0 Å². The molecule has 0 saturated heterocycles. The Morgan fingerprint density at radius 3 is 2.40 bits per heavy atom. The molecule has 0 bridgehead atoms. The summed E-state index contributed by atoms with van der Waals surface area (Å²) < 4.78 is 5.67. The normalized spacial score (nSPS) is 13.8. The van der Waals surface area contributed by atoms with Crippen molar-refractivity contribution >= 4 is 34.8 Å². The second kappa shape index (κ2) is 6.68. The summed E-state index contributed by atoms with van der Waals surface area (Å²) in [6.07, 6.45) is -1.27. The zero-order chi connectivity index (χ0) is 14.7. The molecule has 2 rings (SSSR count). The molecule has 0 spiro atoms. The third-order valence-corrected chi connectivity index (χ3v) is 3.82. The summed E-state index contributed by atoms with van der Waals surface area (Å²) in [4.78, 5) is 0. The van der Waals surface area contributed by atoms with Crippen LogP contribution in [-0.2, 0) is 0 Å². The molecule has 20 heavy (non-hydrogen) atoms. The number of rotatable bonds is 4. The first-order valence-electron chi connectivity index (χ1n) is 6.02. The molecule has 0 aliphatic carbocycles. The first kappa shape index (κ1) is 15.5. The van der Waals surface area contributed by atoms with Crippen molar-refractivity contribution in [1.29, 1.82) is 0 Å². The minimum atomic E-state index is -0.816. The first-order valence-corrected chi connectivity index (χ1v) is 7.16. The van der Waals surface area contributed by atoms with Gasteiger partial charge >= 0.3 is 0 Å². The fraction of sp³-hybridized carbons (Fsp3) is 0.200. The van der Waals surface area contributed by atoms with E-state index in [2.05, 4.69) is 0 Å². The molecule has 5 heteroatoms. The maximum atomic E-state index is 10.3. The Balaban J connectivity index is 2.11. The molecule has 106 valence electrons. The molecule has 0 radical (unpaired) electrons. The Kier molecular flexibility index (Phi) is 5.17. The molecule has 2 atom stereocenters. The van der Waals surface area contributed by atoms with Crippen LogP contribution in [0.1, 0.15) is 18.6 Å². The fourth-order valence-electron chi connectivity index (χ4n) is 1.79. The van der Waals surface area contributed by atoms with Gasteiger partial charge < -0.3 is 9.84 Å². The van der Waals surface area contributed by atoms with E-state index in [1.54, 1.807) is 49.4 Å². The van der Waals surface area contributed by atoms with Gasteiger partial charge in [0.1, 0.15) is 18.0 Å². The summed E-state index contributed by atoms with van der Waals surface area (Å²) in [6.45, 7) is 1.77. The van der Waals surface area contributed by atoms with E-state index in [1.165, 1.54) is 0 Å². The van der Waals surface area contributed by atoms with Crippen LogP contribution in [0.2, 0.25) is 15.1 Å². The molecule has 2 nitrogen and oxygen atoms in total. The maximum Gasteiger partial charge on any atom is 0.126 e. The van der Waals surface area contributed by atoms with E-state index in [0.29, 0.717) is 26.4 Å². The Labute approximate surface area is 132 Å². The van der Waals surface area contributed by atoms with Crippen molar-refractivity contribution in [1.82, 2.24) is 0 Å². The van der Waals surface area contributed by atoms with Gasteiger partial charge in [-0.1, -0.05) is 46.9 Å². The topological polar surface area (TPSA) is 29.5 Å². The second-order valence-electron chi connectivity index (χ2n) is 4.40. The lowest BCUT2D eigenvalue weighted by atomic mass is 10.1. The minimum absolute atomic E-state index is 0.401. The first-order chi connectivity index (χ1) is 9.47. The van der Waals surface area contributed by atoms with Gasteiger partial charge in [0, 0.05) is 5.02 Å². The van der Waals surface area contributed by atoms with Crippen molar-refractivity contribution in [2.45, 2.75) is 19.1 Å². The van der Waals surface area contributed by atoms with Crippen molar-refractivity contribution < 1.29 is 9.84 Å². The van der Waals surface area contributed by atoms with Gasteiger partial charge in [0.25, 0.3) is 0 Å². The van der Waals surface area contributed by atoms with Crippen LogP contribution < -0.4 is 4.74 Å². The van der Waals surface area contributed by atoms with E-state index in [0.717, 1.165) is 0 Å². The van der Waals surface area contributed by atoms with Gasteiger partial charge in [-0.3, -0.25) is 0 Å². The largest absolute Gasteiger partial charge is 0.488 e. The molecule has 2 aromatic rings. The average Bonchev–Trinajstić information content (AvgIpc) is 2.41. The predicted molar refractivity (Wildman–Crippen MR) is 83.0 cm³/mol. The van der Waals surface area contributed by atoms with E-state index in [4.69, 9.17) is 39.5 Å². The van der Waals surface area contributed by atoms with Gasteiger partial charge in [-0.05, 0) is 42.8 Å². The van der Waals surface area contributed by atoms with Crippen LogP contribution in [-0.4, -0.2) is 11.2 Å². The SMILES string of the molecule is CC(Oc1cccc(Cl)c1)C(O)c1ccc(Cl)c(Cl)c1. The number of benzene rings is 2. The van der Waals surface area contributed by atoms with E-state index in [-0.39, 0.29) is 0 Å². The lowest BCUT2D eigenvalue weighted by Gasteiger charge is -2.21. The highest BCUT2D eigenvalue weighted by Gasteiger charge is 2.19. The Morgan fingerprint density at radius 2 is 1.75 bits per heavy atom. The van der Waals surface area contributed by atoms with Crippen LogP contribution >= 0.6 is 34.8 Å². The van der Waals surface area contributed by atoms with Gasteiger partial charge in [0.15, 0.2) is 0 Å². The lowest BCUT2D eigenvalue weighted by molar-refractivity contribution is 0.0468. The van der Waals surface area contributed by atoms with E-state index in [1.807, 2.05) is 0 Å². The highest BCUT2D eigenvalue weighted by Crippen LogP contribution is 2.28. The van der Waals surface area contributed by atoms with Crippen LogP contribution in [0, 0.1) is 0 Å². The monoisotopic (exact) mass is 330 g/mol. The zero-order valence-electron chi connectivity index (χ0n) is 10.7.